The normalized spacial score (nSPS) is 11.3. The first-order chi connectivity index (χ1) is 10.2. The molecule has 2 rings (SSSR count). The number of anilines is 1. The van der Waals surface area contributed by atoms with Crippen molar-refractivity contribution < 1.29 is 13.2 Å². The molecule has 0 aliphatic heterocycles. The van der Waals surface area contributed by atoms with Gasteiger partial charge in [-0.1, -0.05) is 18.2 Å². The smallest absolute Gasteiger partial charge is 0.256 e. The maximum absolute atomic E-state index is 12.4. The molecule has 0 unspecified atom stereocenters. The van der Waals surface area contributed by atoms with E-state index in [1.54, 1.807) is 12.1 Å². The lowest BCUT2D eigenvalue weighted by atomic mass is 10.1. The van der Waals surface area contributed by atoms with Gasteiger partial charge in [0.15, 0.2) is 9.84 Å². The van der Waals surface area contributed by atoms with Gasteiger partial charge in [0.25, 0.3) is 5.91 Å². The lowest BCUT2D eigenvalue weighted by molar-refractivity contribution is 0.102. The molecule has 4 nitrogen and oxygen atoms in total. The molecule has 0 fully saturated rings. The van der Waals surface area contributed by atoms with Crippen molar-refractivity contribution >= 4 is 44.0 Å². The molecule has 6 heteroatoms. The van der Waals surface area contributed by atoms with Crippen molar-refractivity contribution in [1.82, 2.24) is 0 Å². The Morgan fingerprint density at radius 3 is 2.41 bits per heavy atom. The first-order valence-electron chi connectivity index (χ1n) is 6.57. The van der Waals surface area contributed by atoms with Crippen LogP contribution >= 0.6 is 22.6 Å². The van der Waals surface area contributed by atoms with Gasteiger partial charge in [0, 0.05) is 15.5 Å². The van der Waals surface area contributed by atoms with E-state index in [1.165, 1.54) is 12.1 Å². The highest BCUT2D eigenvalue weighted by molar-refractivity contribution is 14.1. The van der Waals surface area contributed by atoms with E-state index < -0.39 is 9.84 Å². The molecule has 0 bridgehead atoms. The van der Waals surface area contributed by atoms with Gasteiger partial charge in [-0.2, -0.15) is 0 Å². The second-order valence-electron chi connectivity index (χ2n) is 5.14. The second kappa shape index (κ2) is 6.37. The minimum atomic E-state index is -3.31. The first kappa shape index (κ1) is 17.0. The summed E-state index contributed by atoms with van der Waals surface area (Å²) in [4.78, 5) is 12.6. The van der Waals surface area contributed by atoms with Crippen LogP contribution < -0.4 is 5.32 Å². The Morgan fingerprint density at radius 1 is 1.09 bits per heavy atom. The maximum Gasteiger partial charge on any atom is 0.256 e. The molecule has 1 N–H and O–H groups in total. The van der Waals surface area contributed by atoms with Gasteiger partial charge in [-0.05, 0) is 65.8 Å². The molecule has 0 saturated carbocycles. The number of amides is 1. The van der Waals surface area contributed by atoms with E-state index in [1.807, 2.05) is 26.0 Å². The van der Waals surface area contributed by atoms with Gasteiger partial charge in [-0.15, -0.1) is 0 Å². The Balaban J connectivity index is 2.38. The predicted octanol–water partition coefficient (Wildman–Crippen LogP) is 3.56. The van der Waals surface area contributed by atoms with Crippen LogP contribution in [0, 0.1) is 17.4 Å². The standard InChI is InChI=1S/C16H16INO3S/c1-10-7-8-12(22(3,20)21)9-14(10)18-16(19)13-6-4-5-11(2)15(13)17/h4-9H,1-3H3,(H,18,19). The quantitative estimate of drug-likeness (QED) is 0.760. The minimum Gasteiger partial charge on any atom is -0.322 e. The number of carbonyl (C=O) groups is 1. The van der Waals surface area contributed by atoms with Gasteiger partial charge in [0.1, 0.15) is 0 Å². The third kappa shape index (κ3) is 3.67. The minimum absolute atomic E-state index is 0.187. The highest BCUT2D eigenvalue weighted by Crippen LogP contribution is 2.23. The number of rotatable bonds is 3. The van der Waals surface area contributed by atoms with Gasteiger partial charge in [0.05, 0.1) is 10.5 Å². The number of carbonyl (C=O) groups excluding carboxylic acids is 1. The van der Waals surface area contributed by atoms with Crippen molar-refractivity contribution in [1.29, 1.82) is 0 Å². The molecule has 0 radical (unpaired) electrons. The molecular formula is C16H16INO3S. The van der Waals surface area contributed by atoms with E-state index in [0.717, 1.165) is 21.0 Å². The molecule has 1 amide bonds. The maximum atomic E-state index is 12.4. The summed E-state index contributed by atoms with van der Waals surface area (Å²) < 4.78 is 24.2. The van der Waals surface area contributed by atoms with E-state index in [9.17, 15) is 13.2 Å². The van der Waals surface area contributed by atoms with Crippen LogP contribution in [0.4, 0.5) is 5.69 Å². The monoisotopic (exact) mass is 429 g/mol. The van der Waals surface area contributed by atoms with Crippen molar-refractivity contribution in [2.24, 2.45) is 0 Å². The summed E-state index contributed by atoms with van der Waals surface area (Å²) in [7, 11) is -3.31. The fourth-order valence-corrected chi connectivity index (χ4v) is 3.23. The summed E-state index contributed by atoms with van der Waals surface area (Å²) in [6.45, 7) is 3.76. The largest absolute Gasteiger partial charge is 0.322 e. The van der Waals surface area contributed by atoms with Crippen LogP contribution in [0.25, 0.3) is 0 Å². The van der Waals surface area contributed by atoms with Crippen molar-refractivity contribution in [3.05, 3.63) is 56.7 Å². The first-order valence-corrected chi connectivity index (χ1v) is 9.54. The molecule has 0 aliphatic rings. The second-order valence-corrected chi connectivity index (χ2v) is 8.23. The van der Waals surface area contributed by atoms with E-state index in [0.29, 0.717) is 11.3 Å². The SMILES string of the molecule is Cc1ccc(S(C)(=O)=O)cc1NC(=O)c1cccc(C)c1I. The van der Waals surface area contributed by atoms with E-state index >= 15 is 0 Å². The van der Waals surface area contributed by atoms with Gasteiger partial charge in [-0.25, -0.2) is 8.42 Å². The fourth-order valence-electron chi connectivity index (χ4n) is 1.98. The number of hydrogen-bond donors (Lipinski definition) is 1. The summed E-state index contributed by atoms with van der Waals surface area (Å²) in [6.07, 6.45) is 1.15. The summed E-state index contributed by atoms with van der Waals surface area (Å²) in [5.41, 5.74) is 2.91. The number of halogens is 1. The van der Waals surface area contributed by atoms with Gasteiger partial charge < -0.3 is 5.32 Å². The summed E-state index contributed by atoms with van der Waals surface area (Å²) >= 11 is 2.13. The van der Waals surface area contributed by atoms with Crippen LogP contribution in [0.1, 0.15) is 21.5 Å². The molecule has 0 atom stereocenters. The molecule has 2 aromatic rings. The van der Waals surface area contributed by atoms with E-state index in [4.69, 9.17) is 0 Å². The van der Waals surface area contributed by atoms with Gasteiger partial charge in [0.2, 0.25) is 0 Å². The highest BCUT2D eigenvalue weighted by Gasteiger charge is 2.14. The Labute approximate surface area is 144 Å². The molecule has 22 heavy (non-hydrogen) atoms. The van der Waals surface area contributed by atoms with Crippen molar-refractivity contribution in [3.63, 3.8) is 0 Å². The van der Waals surface area contributed by atoms with E-state index in [-0.39, 0.29) is 10.8 Å². The molecule has 0 aliphatic carbocycles. The number of sulfone groups is 1. The molecule has 0 heterocycles. The number of nitrogens with one attached hydrogen (secondary N) is 1. The third-order valence-electron chi connectivity index (χ3n) is 3.32. The summed E-state index contributed by atoms with van der Waals surface area (Å²) in [5.74, 6) is -0.248. The Morgan fingerprint density at radius 2 is 1.77 bits per heavy atom. The van der Waals surface area contributed by atoms with Gasteiger partial charge >= 0.3 is 0 Å². The van der Waals surface area contributed by atoms with Crippen molar-refractivity contribution in [2.45, 2.75) is 18.7 Å². The number of benzene rings is 2. The van der Waals surface area contributed by atoms with Crippen LogP contribution in [0.5, 0.6) is 0 Å². The van der Waals surface area contributed by atoms with Crippen LogP contribution in [0.3, 0.4) is 0 Å². The molecule has 0 saturated heterocycles. The summed E-state index contributed by atoms with van der Waals surface area (Å²) in [5, 5.41) is 2.80. The Hall–Kier alpha value is -1.41. The third-order valence-corrected chi connectivity index (χ3v) is 5.86. The van der Waals surface area contributed by atoms with Crippen LogP contribution in [-0.4, -0.2) is 20.6 Å². The van der Waals surface area contributed by atoms with Crippen molar-refractivity contribution in [2.75, 3.05) is 11.6 Å². The Kier molecular flexibility index (Phi) is 4.91. The zero-order valence-corrected chi connectivity index (χ0v) is 15.4. The zero-order chi connectivity index (χ0) is 16.5. The lowest BCUT2D eigenvalue weighted by Gasteiger charge is -2.12. The average molecular weight is 429 g/mol. The number of aryl methyl sites for hydroxylation is 2. The van der Waals surface area contributed by atoms with Crippen LogP contribution in [0.2, 0.25) is 0 Å². The Bertz CT molecular complexity index is 844. The topological polar surface area (TPSA) is 63.2 Å². The van der Waals surface area contributed by atoms with Crippen molar-refractivity contribution in [3.8, 4) is 0 Å². The molecule has 2 aromatic carbocycles. The highest BCUT2D eigenvalue weighted by atomic mass is 127. The van der Waals surface area contributed by atoms with Crippen LogP contribution in [-0.2, 0) is 9.84 Å². The molecule has 116 valence electrons. The van der Waals surface area contributed by atoms with Crippen LogP contribution in [0.15, 0.2) is 41.3 Å². The predicted molar refractivity (Wildman–Crippen MR) is 96.1 cm³/mol. The number of hydrogen-bond acceptors (Lipinski definition) is 3. The average Bonchev–Trinajstić information content (AvgIpc) is 2.43. The summed E-state index contributed by atoms with van der Waals surface area (Å²) in [6, 6.07) is 10.2. The zero-order valence-electron chi connectivity index (χ0n) is 12.5. The fraction of sp³-hybridized carbons (Fsp3) is 0.188. The lowest BCUT2D eigenvalue weighted by Crippen LogP contribution is -2.15. The van der Waals surface area contributed by atoms with Gasteiger partial charge in [-0.3, -0.25) is 4.79 Å². The molecule has 0 spiro atoms. The molecular weight excluding hydrogens is 413 g/mol. The van der Waals surface area contributed by atoms with E-state index in [2.05, 4.69) is 27.9 Å². The molecule has 0 aromatic heterocycles.